The van der Waals surface area contributed by atoms with Crippen LogP contribution in [0.25, 0.3) is 0 Å². The van der Waals surface area contributed by atoms with Crippen LogP contribution in [-0.4, -0.2) is 128 Å². The number of carbonyl (C=O) groups excluding carboxylic acids is 6. The SMILES string of the molecule is CC[C@H]1C[C@H](C)[C@@]2(NC1=O)O[C@@H](C[C@H](O)[C@@H](C)CC/C=C/C=C(\C)[C@@H]1C/C=C/C=C/[C@H](O)[C@H](C)[C@@H](O)[C@@H](CCC(C)=O)C(=O)N[C@@H](C(C)C)C(=O)N[C@@H](Cc3ccccc3)C(=O)N3CCC[C@H](N3)C(=O)O1)[C@H](C)[C@H](O)[C@@H]2C. The van der Waals surface area contributed by atoms with Crippen LogP contribution in [0.15, 0.2) is 78.4 Å². The summed E-state index contributed by atoms with van der Waals surface area (Å²) in [5.74, 6) is -5.92. The fourth-order valence-corrected chi connectivity index (χ4v) is 11.3. The van der Waals surface area contributed by atoms with Gasteiger partial charge in [0.25, 0.3) is 5.91 Å². The van der Waals surface area contributed by atoms with Gasteiger partial charge in [-0.25, -0.2) is 5.43 Å². The number of aliphatic hydroxyl groups is 4. The average molecular weight is 1070 g/mol. The Morgan fingerprint density at radius 1 is 0.922 bits per heavy atom. The number of piperidine rings is 1. The van der Waals surface area contributed by atoms with Gasteiger partial charge in [-0.3, -0.25) is 29.0 Å². The summed E-state index contributed by atoms with van der Waals surface area (Å²) in [7, 11) is 0. The van der Waals surface area contributed by atoms with E-state index in [9.17, 15) is 49.2 Å². The molecule has 2 bridgehead atoms. The molecule has 3 fully saturated rings. The Morgan fingerprint density at radius 3 is 2.31 bits per heavy atom. The first-order valence-corrected chi connectivity index (χ1v) is 28.3. The number of esters is 1. The summed E-state index contributed by atoms with van der Waals surface area (Å²) >= 11 is 0. The zero-order valence-electron chi connectivity index (χ0n) is 47.2. The summed E-state index contributed by atoms with van der Waals surface area (Å²) in [6.45, 7) is 18.5. The van der Waals surface area contributed by atoms with Crippen molar-refractivity contribution in [2.45, 2.75) is 200 Å². The molecule has 4 heterocycles. The van der Waals surface area contributed by atoms with Crippen molar-refractivity contribution >= 4 is 35.4 Å². The molecule has 8 N–H and O–H groups in total. The minimum atomic E-state index is -1.41. The number of ketones is 1. The van der Waals surface area contributed by atoms with E-state index >= 15 is 0 Å². The van der Waals surface area contributed by atoms with Crippen LogP contribution in [0.4, 0.5) is 0 Å². The molecule has 4 aliphatic rings. The number of benzene rings is 1. The zero-order chi connectivity index (χ0) is 56.7. The Hall–Kier alpha value is -5.04. The van der Waals surface area contributed by atoms with E-state index in [1.54, 1.807) is 39.0 Å². The largest absolute Gasteiger partial charge is 0.456 e. The first-order valence-electron chi connectivity index (χ1n) is 28.3. The van der Waals surface area contributed by atoms with Crippen LogP contribution < -0.4 is 21.4 Å². The third-order valence-electron chi connectivity index (χ3n) is 16.8. The summed E-state index contributed by atoms with van der Waals surface area (Å²) < 4.78 is 12.9. The molecule has 0 aromatic heterocycles. The third kappa shape index (κ3) is 16.7. The predicted octanol–water partition coefficient (Wildman–Crippen LogP) is 5.70. The topological polar surface area (TPSA) is 253 Å². The number of hydrogen-bond donors (Lipinski definition) is 8. The molecular formula is C60H91N5O12. The number of carbonyl (C=O) groups is 6. The van der Waals surface area contributed by atoms with Crippen molar-refractivity contribution in [2.75, 3.05) is 6.54 Å². The lowest BCUT2D eigenvalue weighted by Crippen LogP contribution is -2.71. The van der Waals surface area contributed by atoms with Crippen molar-refractivity contribution in [3.8, 4) is 0 Å². The van der Waals surface area contributed by atoms with Crippen LogP contribution in [0, 0.1) is 47.3 Å². The first-order chi connectivity index (χ1) is 36.5. The number of Topliss-reactive ketones (excluding diaryl/α,β-unsaturated/α-hetero) is 1. The maximum Gasteiger partial charge on any atom is 0.325 e. The fraction of sp³-hybridized carbons (Fsp3) is 0.667. The molecular weight excluding hydrogens is 983 g/mol. The number of ether oxygens (including phenoxy) is 2. The summed E-state index contributed by atoms with van der Waals surface area (Å²) in [4.78, 5) is 82.1. The lowest BCUT2D eigenvalue weighted by Gasteiger charge is -2.56. The smallest absolute Gasteiger partial charge is 0.325 e. The average Bonchev–Trinajstić information content (AvgIpc) is 3.40. The molecule has 428 valence electrons. The minimum absolute atomic E-state index is 0.0159. The number of cyclic esters (lactones) is 1. The van der Waals surface area contributed by atoms with Gasteiger partial charge in [-0.1, -0.05) is 128 Å². The molecule has 1 aromatic carbocycles. The molecule has 3 saturated heterocycles. The molecule has 17 nitrogen and oxygen atoms in total. The van der Waals surface area contributed by atoms with Gasteiger partial charge >= 0.3 is 5.97 Å². The number of hydrazine groups is 1. The van der Waals surface area contributed by atoms with E-state index in [1.165, 1.54) is 18.0 Å². The van der Waals surface area contributed by atoms with E-state index in [1.807, 2.05) is 83.2 Å². The van der Waals surface area contributed by atoms with E-state index < -0.39 is 102 Å². The molecule has 0 aliphatic carbocycles. The molecule has 77 heavy (non-hydrogen) atoms. The number of nitrogens with one attached hydrogen (secondary N) is 4. The van der Waals surface area contributed by atoms with Gasteiger partial charge in [0.15, 0.2) is 0 Å². The normalized spacial score (nSPS) is 35.2. The number of hydrogen-bond acceptors (Lipinski definition) is 13. The molecule has 0 saturated carbocycles. The molecule has 17 heteroatoms. The van der Waals surface area contributed by atoms with Gasteiger partial charge in [0.05, 0.1) is 36.4 Å². The van der Waals surface area contributed by atoms with Crippen molar-refractivity contribution < 1.29 is 58.7 Å². The Morgan fingerprint density at radius 2 is 1.64 bits per heavy atom. The summed E-state index contributed by atoms with van der Waals surface area (Å²) in [5.41, 5.74) is 3.57. The molecule has 4 aliphatic heterocycles. The second-order valence-electron chi connectivity index (χ2n) is 23.0. The summed E-state index contributed by atoms with van der Waals surface area (Å²) in [5, 5.41) is 55.9. The highest BCUT2D eigenvalue weighted by Crippen LogP contribution is 2.46. The lowest BCUT2D eigenvalue weighted by molar-refractivity contribution is -0.267. The zero-order valence-corrected chi connectivity index (χ0v) is 47.2. The Bertz CT molecular complexity index is 2270. The maximum atomic E-state index is 14.5. The lowest BCUT2D eigenvalue weighted by atomic mass is 9.69. The Balaban J connectivity index is 1.34. The number of aliphatic hydroxyl groups excluding tert-OH is 4. The van der Waals surface area contributed by atoms with E-state index in [2.05, 4.69) is 28.3 Å². The number of amides is 4. The van der Waals surface area contributed by atoms with Crippen molar-refractivity contribution in [3.63, 3.8) is 0 Å². The van der Waals surface area contributed by atoms with Gasteiger partial charge in [0, 0.05) is 61.8 Å². The van der Waals surface area contributed by atoms with Crippen molar-refractivity contribution in [1.82, 2.24) is 26.4 Å². The van der Waals surface area contributed by atoms with E-state index in [0.29, 0.717) is 38.5 Å². The summed E-state index contributed by atoms with van der Waals surface area (Å²) in [6.07, 6.45) is 11.2. The highest BCUT2D eigenvalue weighted by Gasteiger charge is 2.57. The van der Waals surface area contributed by atoms with Crippen LogP contribution in [0.2, 0.25) is 0 Å². The maximum absolute atomic E-state index is 14.5. The Labute approximate surface area is 457 Å². The molecule has 17 atom stereocenters. The van der Waals surface area contributed by atoms with Gasteiger partial charge < -0.3 is 50.6 Å². The monoisotopic (exact) mass is 1070 g/mol. The first kappa shape index (κ1) is 62.8. The van der Waals surface area contributed by atoms with E-state index in [0.717, 1.165) is 17.6 Å². The molecule has 0 radical (unpaired) electrons. The molecule has 5 rings (SSSR count). The van der Waals surface area contributed by atoms with Crippen LogP contribution in [0.5, 0.6) is 0 Å². The number of allylic oxidation sites excluding steroid dienone is 5. The second kappa shape index (κ2) is 29.3. The highest BCUT2D eigenvalue weighted by atomic mass is 16.5. The number of nitrogens with zero attached hydrogens (tertiary/aromatic N) is 1. The van der Waals surface area contributed by atoms with Gasteiger partial charge in [0.2, 0.25) is 17.7 Å². The fourth-order valence-electron chi connectivity index (χ4n) is 11.3. The Kier molecular flexibility index (Phi) is 23.9. The van der Waals surface area contributed by atoms with Gasteiger partial charge in [-0.15, -0.1) is 0 Å². The predicted molar refractivity (Wildman–Crippen MR) is 294 cm³/mol. The second-order valence-corrected chi connectivity index (χ2v) is 23.0. The summed E-state index contributed by atoms with van der Waals surface area (Å²) in [6, 6.07) is 6.01. The van der Waals surface area contributed by atoms with Crippen molar-refractivity contribution in [3.05, 3.63) is 84.0 Å². The van der Waals surface area contributed by atoms with E-state index in [4.69, 9.17) is 9.47 Å². The van der Waals surface area contributed by atoms with Crippen LogP contribution in [-0.2, 0) is 44.7 Å². The molecule has 4 amide bonds. The van der Waals surface area contributed by atoms with Crippen molar-refractivity contribution in [1.29, 1.82) is 0 Å². The quantitative estimate of drug-likeness (QED) is 0.0776. The molecule has 0 unspecified atom stereocenters. The van der Waals surface area contributed by atoms with Crippen LogP contribution in [0.3, 0.4) is 0 Å². The van der Waals surface area contributed by atoms with Crippen molar-refractivity contribution in [2.24, 2.45) is 47.3 Å². The number of rotatable bonds is 15. The number of fused-ring (bicyclic) bond motifs is 2. The highest BCUT2D eigenvalue weighted by molar-refractivity contribution is 5.93. The van der Waals surface area contributed by atoms with E-state index in [-0.39, 0.29) is 73.5 Å². The third-order valence-corrected chi connectivity index (χ3v) is 16.8. The molecule has 1 spiro atoms. The standard InChI is InChI=1S/C60H91N5O12/c1-11-44-32-38(6)60(63-55(44)71)42(10)53(69)41(9)51(77-60)34-49(68)36(4)22-15-12-16-23-37(5)50-28-20-14-19-27-48(67)40(8)54(70)45(30-29-39(7)66)56(72)62-52(35(2)3)57(73)61-47(33-43-24-17-13-18-25-43)58(74)65-31-21-26-46(64-65)59(75)76-50/h12-14,16-20,23-25,27,35-36,38,40-42,44-54,64,67-70H,11,15,21-22,26,28-34H2,1-10H3,(H,61,73)(H,62,72)(H,63,71)/b16-12+,20-14+,27-19+,37-23+/t36-,38-,40-,41-,42-,44-,45+,46-,47-,48-,49-,50-,51-,52-,53-,54+,60+/m0/s1. The molecule has 1 aromatic rings. The van der Waals surface area contributed by atoms with Crippen LogP contribution in [0.1, 0.15) is 139 Å². The van der Waals surface area contributed by atoms with Crippen LogP contribution >= 0.6 is 0 Å². The minimum Gasteiger partial charge on any atom is -0.456 e. The van der Waals surface area contributed by atoms with Gasteiger partial charge in [-0.05, 0) is 81.8 Å². The van der Waals surface area contributed by atoms with Gasteiger partial charge in [0.1, 0.15) is 35.7 Å². The van der Waals surface area contributed by atoms with Gasteiger partial charge in [-0.2, -0.15) is 0 Å².